The third-order valence-corrected chi connectivity index (χ3v) is 5.21. The molecule has 116 valence electrons. The minimum Gasteiger partial charge on any atom is -0.354 e. The normalized spacial score (nSPS) is 16.1. The van der Waals surface area contributed by atoms with Crippen molar-refractivity contribution in [2.75, 3.05) is 5.32 Å². The zero-order valence-corrected chi connectivity index (χ0v) is 13.6. The van der Waals surface area contributed by atoms with Crippen molar-refractivity contribution in [3.05, 3.63) is 48.0 Å². The van der Waals surface area contributed by atoms with Crippen molar-refractivity contribution in [1.29, 1.82) is 0 Å². The van der Waals surface area contributed by atoms with Gasteiger partial charge in [-0.1, -0.05) is 30.0 Å². The molecule has 1 aliphatic carbocycles. The highest BCUT2D eigenvalue weighted by molar-refractivity contribution is 7.99. The van der Waals surface area contributed by atoms with Gasteiger partial charge in [0.15, 0.2) is 0 Å². The van der Waals surface area contributed by atoms with Gasteiger partial charge >= 0.3 is 0 Å². The quantitative estimate of drug-likeness (QED) is 0.562. The summed E-state index contributed by atoms with van der Waals surface area (Å²) in [6.45, 7) is 1.92. The first kappa shape index (κ1) is 14.3. The van der Waals surface area contributed by atoms with E-state index in [-0.39, 0.29) is 11.8 Å². The summed E-state index contributed by atoms with van der Waals surface area (Å²) in [5.74, 6) is 0.203. The number of anilines is 2. The Morgan fingerprint density at radius 1 is 1.17 bits per heavy atom. The predicted octanol–water partition coefficient (Wildman–Crippen LogP) is 4.15. The van der Waals surface area contributed by atoms with Crippen molar-refractivity contribution in [2.24, 2.45) is 11.0 Å². The molecule has 1 amide bonds. The number of nitrogens with one attached hydrogen (secondary N) is 2. The molecule has 0 atom stereocenters. The van der Waals surface area contributed by atoms with Gasteiger partial charge in [-0.15, -0.1) is 0 Å². The van der Waals surface area contributed by atoms with Crippen molar-refractivity contribution >= 4 is 34.8 Å². The van der Waals surface area contributed by atoms with Gasteiger partial charge in [-0.2, -0.15) is 5.10 Å². The van der Waals surface area contributed by atoms with Gasteiger partial charge in [0.1, 0.15) is 0 Å². The van der Waals surface area contributed by atoms with Crippen LogP contribution in [-0.2, 0) is 4.79 Å². The molecule has 0 bridgehead atoms. The molecule has 1 saturated carbocycles. The molecule has 0 unspecified atom stereocenters. The van der Waals surface area contributed by atoms with E-state index in [4.69, 9.17) is 0 Å². The molecule has 2 aromatic carbocycles. The third kappa shape index (κ3) is 2.97. The van der Waals surface area contributed by atoms with E-state index < -0.39 is 0 Å². The Bertz CT molecular complexity index is 812. The van der Waals surface area contributed by atoms with E-state index in [1.807, 2.05) is 25.1 Å². The number of fused-ring (bicyclic) bond motifs is 2. The maximum atomic E-state index is 11.7. The van der Waals surface area contributed by atoms with Crippen LogP contribution in [0.25, 0.3) is 0 Å². The SMILES string of the molecule is C/C(=N/NC(=O)C1CC1)c1ccc2c(c1)Nc1ccccc1S2. The van der Waals surface area contributed by atoms with Crippen LogP contribution >= 0.6 is 11.8 Å². The summed E-state index contributed by atoms with van der Waals surface area (Å²) >= 11 is 1.76. The van der Waals surface area contributed by atoms with Gasteiger partial charge in [0.2, 0.25) is 5.91 Å². The fourth-order valence-electron chi connectivity index (χ4n) is 2.50. The predicted molar refractivity (Wildman–Crippen MR) is 93.4 cm³/mol. The van der Waals surface area contributed by atoms with Gasteiger partial charge < -0.3 is 5.32 Å². The average Bonchev–Trinajstić information content (AvgIpc) is 3.42. The fraction of sp³-hybridized carbons (Fsp3) is 0.222. The number of rotatable bonds is 3. The summed E-state index contributed by atoms with van der Waals surface area (Å²) in [6, 6.07) is 14.5. The number of benzene rings is 2. The first-order valence-corrected chi connectivity index (χ1v) is 8.55. The first-order chi connectivity index (χ1) is 11.2. The summed E-state index contributed by atoms with van der Waals surface area (Å²) < 4.78 is 0. The second-order valence-electron chi connectivity index (χ2n) is 5.88. The minimum atomic E-state index is 0.0323. The molecule has 4 nitrogen and oxygen atoms in total. The molecular weight excluding hydrogens is 306 g/mol. The van der Waals surface area contributed by atoms with Crippen LogP contribution in [0.5, 0.6) is 0 Å². The largest absolute Gasteiger partial charge is 0.354 e. The number of carbonyl (C=O) groups excluding carboxylic acids is 1. The van der Waals surface area contributed by atoms with Crippen molar-refractivity contribution in [3.63, 3.8) is 0 Å². The minimum absolute atomic E-state index is 0.0323. The number of para-hydroxylation sites is 1. The molecular formula is C18H17N3OS. The average molecular weight is 323 g/mol. The first-order valence-electron chi connectivity index (χ1n) is 7.73. The summed E-state index contributed by atoms with van der Waals surface area (Å²) in [5, 5.41) is 7.70. The Kier molecular flexibility index (Phi) is 3.58. The van der Waals surface area contributed by atoms with Gasteiger partial charge in [-0.05, 0) is 49.6 Å². The number of hydrogen-bond acceptors (Lipinski definition) is 4. The van der Waals surface area contributed by atoms with Crippen LogP contribution in [0.15, 0.2) is 57.4 Å². The van der Waals surface area contributed by atoms with E-state index in [0.29, 0.717) is 0 Å². The maximum Gasteiger partial charge on any atom is 0.243 e. The number of amides is 1. The topological polar surface area (TPSA) is 53.5 Å². The molecule has 1 heterocycles. The second-order valence-corrected chi connectivity index (χ2v) is 6.97. The highest BCUT2D eigenvalue weighted by Crippen LogP contribution is 2.44. The van der Waals surface area contributed by atoms with E-state index in [2.05, 4.69) is 40.1 Å². The van der Waals surface area contributed by atoms with Crippen LogP contribution < -0.4 is 10.7 Å². The summed E-state index contributed by atoms with van der Waals surface area (Å²) in [6.07, 6.45) is 1.97. The third-order valence-electron chi connectivity index (χ3n) is 4.06. The lowest BCUT2D eigenvalue weighted by Gasteiger charge is -2.21. The van der Waals surface area contributed by atoms with Crippen molar-refractivity contribution in [1.82, 2.24) is 5.43 Å². The van der Waals surface area contributed by atoms with Gasteiger partial charge in [0.05, 0.1) is 17.1 Å². The summed E-state index contributed by atoms with van der Waals surface area (Å²) in [4.78, 5) is 14.1. The Morgan fingerprint density at radius 2 is 1.96 bits per heavy atom. The Balaban J connectivity index is 1.55. The van der Waals surface area contributed by atoms with Crippen molar-refractivity contribution in [2.45, 2.75) is 29.6 Å². The number of hydrazone groups is 1. The van der Waals surface area contributed by atoms with Crippen LogP contribution in [0.3, 0.4) is 0 Å². The molecule has 1 fully saturated rings. The molecule has 2 aromatic rings. The fourth-order valence-corrected chi connectivity index (χ4v) is 3.47. The number of carbonyl (C=O) groups is 1. The highest BCUT2D eigenvalue weighted by atomic mass is 32.2. The molecule has 2 N–H and O–H groups in total. The van der Waals surface area contributed by atoms with Crippen molar-refractivity contribution < 1.29 is 4.79 Å². The number of hydrogen-bond donors (Lipinski definition) is 2. The van der Waals surface area contributed by atoms with Crippen LogP contribution in [0.4, 0.5) is 11.4 Å². The van der Waals surface area contributed by atoms with Gasteiger partial charge in [-0.25, -0.2) is 5.43 Å². The molecule has 5 heteroatoms. The second kappa shape index (κ2) is 5.74. The van der Waals surface area contributed by atoms with Crippen LogP contribution in [0, 0.1) is 5.92 Å². The van der Waals surface area contributed by atoms with Gasteiger partial charge in [0, 0.05) is 15.7 Å². The zero-order valence-electron chi connectivity index (χ0n) is 12.8. The summed E-state index contributed by atoms with van der Waals surface area (Å²) in [5.41, 5.74) is 6.68. The smallest absolute Gasteiger partial charge is 0.243 e. The zero-order chi connectivity index (χ0) is 15.8. The van der Waals surface area contributed by atoms with Crippen molar-refractivity contribution in [3.8, 4) is 0 Å². The van der Waals surface area contributed by atoms with E-state index in [9.17, 15) is 4.79 Å². The van der Waals surface area contributed by atoms with Crippen LogP contribution in [0.2, 0.25) is 0 Å². The molecule has 0 spiro atoms. The maximum absolute atomic E-state index is 11.7. The molecule has 0 saturated heterocycles. The molecule has 0 aromatic heterocycles. The Labute approximate surface area is 139 Å². The molecule has 4 rings (SSSR count). The van der Waals surface area contributed by atoms with E-state index >= 15 is 0 Å². The highest BCUT2D eigenvalue weighted by Gasteiger charge is 2.29. The van der Waals surface area contributed by atoms with Gasteiger partial charge in [-0.3, -0.25) is 4.79 Å². The Morgan fingerprint density at radius 3 is 2.78 bits per heavy atom. The summed E-state index contributed by atoms with van der Waals surface area (Å²) in [7, 11) is 0. The Hall–Kier alpha value is -2.27. The molecule has 2 aliphatic rings. The van der Waals surface area contributed by atoms with Crippen LogP contribution in [-0.4, -0.2) is 11.6 Å². The van der Waals surface area contributed by atoms with Gasteiger partial charge in [0.25, 0.3) is 0 Å². The lowest BCUT2D eigenvalue weighted by molar-refractivity contribution is -0.122. The number of nitrogens with zero attached hydrogens (tertiary/aromatic N) is 1. The lowest BCUT2D eigenvalue weighted by atomic mass is 10.1. The van der Waals surface area contributed by atoms with E-state index in [1.165, 1.54) is 9.79 Å². The molecule has 23 heavy (non-hydrogen) atoms. The molecule has 0 radical (unpaired) electrons. The van der Waals surface area contributed by atoms with E-state index in [1.54, 1.807) is 11.8 Å². The van der Waals surface area contributed by atoms with Crippen LogP contribution in [0.1, 0.15) is 25.3 Å². The molecule has 1 aliphatic heterocycles. The standard InChI is InChI=1S/C18H17N3OS/c1-11(20-21-18(22)12-6-7-12)13-8-9-17-15(10-13)19-14-4-2-3-5-16(14)23-17/h2-5,8-10,12,19H,6-7H2,1H3,(H,21,22)/b20-11-. The monoisotopic (exact) mass is 323 g/mol. The lowest BCUT2D eigenvalue weighted by Crippen LogP contribution is -2.20. The van der Waals surface area contributed by atoms with E-state index in [0.717, 1.165) is 35.5 Å².